The van der Waals surface area contributed by atoms with Crippen molar-refractivity contribution in [1.29, 1.82) is 0 Å². The number of rotatable bonds is 7. The quantitative estimate of drug-likeness (QED) is 0.190. The number of piperazine rings is 1. The molecule has 1 atom stereocenters. The molecule has 12 nitrogen and oxygen atoms in total. The maximum atomic E-state index is 13.3. The number of hydrogen-bond acceptors (Lipinski definition) is 10. The Kier molecular flexibility index (Phi) is 11.5. The van der Waals surface area contributed by atoms with Crippen molar-refractivity contribution in [2.45, 2.75) is 50.5 Å². The number of sulfonamides is 1. The van der Waals surface area contributed by atoms with E-state index in [1.54, 1.807) is 57.7 Å². The molecule has 1 aromatic heterocycles. The molecule has 0 radical (unpaired) electrons. The summed E-state index contributed by atoms with van der Waals surface area (Å²) in [6.45, 7) is 11.5. The van der Waals surface area contributed by atoms with Gasteiger partial charge < -0.3 is 9.26 Å². The fraction of sp³-hybridized carbons (Fsp3) is 0.364. The zero-order chi connectivity index (χ0) is 36.5. The van der Waals surface area contributed by atoms with E-state index < -0.39 is 25.2 Å². The first kappa shape index (κ1) is 38.0. The summed E-state index contributed by atoms with van der Waals surface area (Å²) in [6, 6.07) is 13.7. The van der Waals surface area contributed by atoms with E-state index in [0.717, 1.165) is 16.8 Å². The van der Waals surface area contributed by atoms with Crippen LogP contribution >= 0.6 is 33.9 Å². The molecule has 50 heavy (non-hydrogen) atoms. The summed E-state index contributed by atoms with van der Waals surface area (Å²) in [7, 11) is -2.06. The molecule has 0 bridgehead atoms. The van der Waals surface area contributed by atoms with Crippen molar-refractivity contribution in [2.75, 3.05) is 44.2 Å². The summed E-state index contributed by atoms with van der Waals surface area (Å²) in [5, 5.41) is 5.01. The molecule has 2 fully saturated rings. The van der Waals surface area contributed by atoms with Crippen LogP contribution in [0.2, 0.25) is 10.0 Å². The molecule has 2 saturated heterocycles. The lowest BCUT2D eigenvalue weighted by molar-refractivity contribution is 0.0937. The van der Waals surface area contributed by atoms with Crippen LogP contribution in [0.5, 0.6) is 0 Å². The Balaban J connectivity index is 0.000000315. The van der Waals surface area contributed by atoms with E-state index in [1.165, 1.54) is 10.4 Å². The molecule has 1 amide bonds. The van der Waals surface area contributed by atoms with Crippen LogP contribution in [0.15, 0.2) is 62.8 Å². The van der Waals surface area contributed by atoms with Crippen molar-refractivity contribution in [3.63, 3.8) is 0 Å². The second-order valence-corrected chi connectivity index (χ2v) is 17.4. The predicted molar refractivity (Wildman–Crippen MR) is 192 cm³/mol. The largest absolute Gasteiger partial charge is 0.443 e. The number of carbonyl (C=O) groups excluding carboxylic acids is 1. The highest BCUT2D eigenvalue weighted by atomic mass is 35.7. The van der Waals surface area contributed by atoms with E-state index in [1.807, 2.05) is 24.3 Å². The summed E-state index contributed by atoms with van der Waals surface area (Å²) >= 11 is 11.9. The van der Waals surface area contributed by atoms with E-state index in [9.17, 15) is 21.6 Å². The second-order valence-electron chi connectivity index (χ2n) is 12.2. The van der Waals surface area contributed by atoms with Gasteiger partial charge in [0.15, 0.2) is 0 Å². The van der Waals surface area contributed by atoms with E-state index >= 15 is 0 Å². The van der Waals surface area contributed by atoms with E-state index in [0.29, 0.717) is 82.6 Å². The summed E-state index contributed by atoms with van der Waals surface area (Å²) in [6.07, 6.45) is -0.709. The third-order valence-corrected chi connectivity index (χ3v) is 12.7. The fourth-order valence-electron chi connectivity index (χ4n) is 5.66. The minimum absolute atomic E-state index is 0.121. The zero-order valence-electron chi connectivity index (χ0n) is 28.0. The first-order chi connectivity index (χ1) is 23.4. The highest BCUT2D eigenvalue weighted by molar-refractivity contribution is 8.13. The average molecular weight is 785 g/mol. The Morgan fingerprint density at radius 1 is 0.800 bits per heavy atom. The van der Waals surface area contributed by atoms with E-state index in [2.05, 4.69) is 15.0 Å². The molecule has 0 N–H and O–H groups in total. The molecule has 0 spiro atoms. The first-order valence-corrected chi connectivity index (χ1v) is 20.0. The summed E-state index contributed by atoms with van der Waals surface area (Å²) in [4.78, 5) is 20.9. The molecular formula is C33H36Cl3N5O7S2. The molecule has 4 aromatic rings. The normalized spacial score (nSPS) is 17.4. The average Bonchev–Trinajstić information content (AvgIpc) is 3.65. The van der Waals surface area contributed by atoms with Crippen molar-refractivity contribution in [3.05, 3.63) is 86.7 Å². The number of cyclic esters (lactones) is 1. The topological polar surface area (TPSA) is 143 Å². The van der Waals surface area contributed by atoms with Gasteiger partial charge in [-0.2, -0.15) is 9.29 Å². The lowest BCUT2D eigenvalue weighted by atomic mass is 10.2. The third kappa shape index (κ3) is 8.61. The molecule has 0 saturated carbocycles. The summed E-state index contributed by atoms with van der Waals surface area (Å²) in [5.74, 6) is 0.979. The molecule has 3 heterocycles. The van der Waals surface area contributed by atoms with Crippen LogP contribution < -0.4 is 4.90 Å². The number of nitrogens with zero attached hydrogens (tertiary/aromatic N) is 5. The zero-order valence-corrected chi connectivity index (χ0v) is 31.9. The lowest BCUT2D eigenvalue weighted by Crippen LogP contribution is -2.50. The standard InChI is InChI=1S/C25H28ClN5O5S.C8H8Cl2O2S/c1-16-13-23(17(2)12-22(16)26)37(33,34)30-10-8-29(9-11-30)14-21-15-31(25(32)35-21)20-6-4-19(5-7-20)24-27-18(3)36-28-24;1-5-4-8(13(10,11)12)6(2)3-7(5)9/h4-7,12-13,21H,8-11,14-15H2,1-3H3;3-4H,1-2H3. The van der Waals surface area contributed by atoms with Crippen molar-refractivity contribution < 1.29 is 30.9 Å². The Hall–Kier alpha value is -3.24. The highest BCUT2D eigenvalue weighted by Gasteiger charge is 2.36. The van der Waals surface area contributed by atoms with Gasteiger partial charge in [0, 0.05) is 71.6 Å². The smallest absolute Gasteiger partial charge is 0.414 e. The number of halogens is 3. The van der Waals surface area contributed by atoms with Crippen LogP contribution in [0.25, 0.3) is 11.4 Å². The number of aromatic nitrogens is 2. The Bertz CT molecular complexity index is 2120. The van der Waals surface area contributed by atoms with Gasteiger partial charge >= 0.3 is 6.09 Å². The fourth-order valence-corrected chi connectivity index (χ4v) is 9.07. The van der Waals surface area contributed by atoms with Gasteiger partial charge in [-0.15, -0.1) is 0 Å². The van der Waals surface area contributed by atoms with Gasteiger partial charge in [0.25, 0.3) is 9.05 Å². The van der Waals surface area contributed by atoms with Crippen LogP contribution in [-0.4, -0.2) is 87.6 Å². The van der Waals surface area contributed by atoms with Gasteiger partial charge in [0.2, 0.25) is 21.7 Å². The Labute approximate surface area is 306 Å². The van der Waals surface area contributed by atoms with Crippen molar-refractivity contribution >= 4 is 64.7 Å². The molecular weight excluding hydrogens is 749 g/mol. The van der Waals surface area contributed by atoms with Crippen molar-refractivity contribution in [1.82, 2.24) is 19.3 Å². The SMILES string of the molecule is Cc1cc(S(=O)(=O)Cl)c(C)cc1Cl.Cc1nc(-c2ccc(N3CC(CN4CCN(S(=O)(=O)c5cc(C)c(Cl)cc5C)CC4)OC3=O)cc2)no1. The first-order valence-electron chi connectivity index (χ1n) is 15.5. The molecule has 6 rings (SSSR count). The summed E-state index contributed by atoms with van der Waals surface area (Å²) < 4.78 is 60.7. The molecule has 2 aliphatic rings. The van der Waals surface area contributed by atoms with Crippen molar-refractivity contribution in [2.24, 2.45) is 0 Å². The van der Waals surface area contributed by atoms with Crippen LogP contribution in [0.3, 0.4) is 0 Å². The minimum atomic E-state index is -3.66. The van der Waals surface area contributed by atoms with Gasteiger partial charge in [-0.3, -0.25) is 9.80 Å². The Morgan fingerprint density at radius 2 is 1.36 bits per heavy atom. The molecule has 0 aliphatic carbocycles. The number of amides is 1. The number of aryl methyl sites for hydroxylation is 5. The second kappa shape index (κ2) is 15.2. The van der Waals surface area contributed by atoms with Gasteiger partial charge in [0.05, 0.1) is 16.3 Å². The number of carbonyl (C=O) groups is 1. The number of benzene rings is 3. The van der Waals surface area contributed by atoms with E-state index in [4.69, 9.17) is 43.1 Å². The Morgan fingerprint density at radius 3 is 1.90 bits per heavy atom. The molecule has 17 heteroatoms. The van der Waals surface area contributed by atoms with Gasteiger partial charge in [-0.05, 0) is 98.5 Å². The monoisotopic (exact) mass is 783 g/mol. The molecule has 268 valence electrons. The number of anilines is 1. The number of ether oxygens (including phenoxy) is 1. The molecule has 1 unspecified atom stereocenters. The maximum absolute atomic E-state index is 13.3. The molecule has 2 aliphatic heterocycles. The minimum Gasteiger partial charge on any atom is -0.443 e. The van der Waals surface area contributed by atoms with Crippen molar-refractivity contribution in [3.8, 4) is 11.4 Å². The lowest BCUT2D eigenvalue weighted by Gasteiger charge is -2.35. The summed E-state index contributed by atoms with van der Waals surface area (Å²) in [5.41, 5.74) is 4.15. The van der Waals surface area contributed by atoms with Crippen LogP contribution in [0, 0.1) is 34.6 Å². The van der Waals surface area contributed by atoms with Crippen LogP contribution in [-0.2, 0) is 23.8 Å². The van der Waals surface area contributed by atoms with Gasteiger partial charge in [-0.25, -0.2) is 21.6 Å². The van der Waals surface area contributed by atoms with Gasteiger partial charge in [-0.1, -0.05) is 28.4 Å². The van der Waals surface area contributed by atoms with Crippen LogP contribution in [0.1, 0.15) is 28.1 Å². The maximum Gasteiger partial charge on any atom is 0.414 e. The predicted octanol–water partition coefficient (Wildman–Crippen LogP) is 6.53. The van der Waals surface area contributed by atoms with Gasteiger partial charge in [0.1, 0.15) is 6.10 Å². The number of hydrogen-bond donors (Lipinski definition) is 0. The molecule has 3 aromatic carbocycles. The highest BCUT2D eigenvalue weighted by Crippen LogP contribution is 2.29. The van der Waals surface area contributed by atoms with Crippen LogP contribution in [0.4, 0.5) is 10.5 Å². The van der Waals surface area contributed by atoms with E-state index in [-0.39, 0.29) is 11.0 Å². The third-order valence-electron chi connectivity index (χ3n) is 8.42.